The van der Waals surface area contributed by atoms with E-state index in [1.54, 1.807) is 19.1 Å². The highest BCUT2D eigenvalue weighted by Gasteiger charge is 2.49. The molecule has 1 N–H and O–H groups in total. The van der Waals surface area contributed by atoms with Gasteiger partial charge in [-0.15, -0.1) is 0 Å². The van der Waals surface area contributed by atoms with Gasteiger partial charge in [-0.05, 0) is 44.4 Å². The highest BCUT2D eigenvalue weighted by Crippen LogP contribution is 2.35. The molecule has 2 heterocycles. The van der Waals surface area contributed by atoms with E-state index in [2.05, 4.69) is 10.4 Å². The quantitative estimate of drug-likeness (QED) is 0.731. The molecule has 9 heteroatoms. The van der Waals surface area contributed by atoms with Crippen molar-refractivity contribution in [2.75, 3.05) is 12.0 Å². The van der Waals surface area contributed by atoms with Gasteiger partial charge >= 0.3 is 5.97 Å². The Labute approximate surface area is 185 Å². The number of aromatic nitrogens is 2. The summed E-state index contributed by atoms with van der Waals surface area (Å²) in [6, 6.07) is 6.75. The molecule has 1 aliphatic heterocycles. The van der Waals surface area contributed by atoms with Crippen molar-refractivity contribution in [2.45, 2.75) is 57.7 Å². The third kappa shape index (κ3) is 3.69. The van der Waals surface area contributed by atoms with Crippen LogP contribution >= 0.6 is 11.6 Å². The molecule has 4 rings (SSSR count). The lowest BCUT2D eigenvalue weighted by Crippen LogP contribution is -2.65. The van der Waals surface area contributed by atoms with E-state index in [9.17, 15) is 14.4 Å². The number of fused-ring (bicyclic) bond motifs is 1. The third-order valence-corrected chi connectivity index (χ3v) is 6.55. The van der Waals surface area contributed by atoms with Gasteiger partial charge in [0, 0.05) is 22.8 Å². The molecule has 2 amide bonds. The summed E-state index contributed by atoms with van der Waals surface area (Å²) >= 11 is 6.34. The first kappa shape index (κ1) is 21.4. The van der Waals surface area contributed by atoms with Crippen LogP contribution in [0.4, 0.5) is 5.69 Å². The van der Waals surface area contributed by atoms with Gasteiger partial charge in [0.2, 0.25) is 5.91 Å². The molecule has 0 unspecified atom stereocenters. The Balaban J connectivity index is 1.79. The number of nitrogens with one attached hydrogen (secondary N) is 1. The van der Waals surface area contributed by atoms with Crippen molar-refractivity contribution in [1.82, 2.24) is 15.1 Å². The van der Waals surface area contributed by atoms with E-state index in [-0.39, 0.29) is 29.9 Å². The number of carbonyl (C=O) groups is 3. The Morgan fingerprint density at radius 3 is 2.61 bits per heavy atom. The van der Waals surface area contributed by atoms with Crippen LogP contribution in [0, 0.1) is 6.92 Å². The molecule has 164 valence electrons. The number of hydrogen-bond donors (Lipinski definition) is 1. The van der Waals surface area contributed by atoms with E-state index in [0.717, 1.165) is 31.2 Å². The molecule has 1 aromatic carbocycles. The summed E-state index contributed by atoms with van der Waals surface area (Å²) in [5, 5.41) is 7.84. The fourth-order valence-electron chi connectivity index (χ4n) is 4.32. The van der Waals surface area contributed by atoms with Crippen molar-refractivity contribution in [3.8, 4) is 0 Å². The van der Waals surface area contributed by atoms with Gasteiger partial charge < -0.3 is 10.1 Å². The van der Waals surface area contributed by atoms with Crippen molar-refractivity contribution in [1.29, 1.82) is 0 Å². The number of methoxy groups -OCH3 is 1. The smallest absolute Gasteiger partial charge is 0.358 e. The SMILES string of the molecule is COC(=O)c1cc2n(n1)C[C@@](C)(C(=O)NC1CCCC1)N(c1ccc(C)c(Cl)c1)C2=O. The minimum absolute atomic E-state index is 0.0215. The summed E-state index contributed by atoms with van der Waals surface area (Å²) in [5.74, 6) is -1.33. The van der Waals surface area contributed by atoms with Crippen LogP contribution in [0.15, 0.2) is 24.3 Å². The Morgan fingerprint density at radius 2 is 1.97 bits per heavy atom. The molecule has 0 saturated heterocycles. The second kappa shape index (κ2) is 8.00. The van der Waals surface area contributed by atoms with Crippen molar-refractivity contribution >= 4 is 35.1 Å². The Morgan fingerprint density at radius 1 is 1.26 bits per heavy atom. The van der Waals surface area contributed by atoms with E-state index >= 15 is 0 Å². The zero-order valence-electron chi connectivity index (χ0n) is 17.8. The van der Waals surface area contributed by atoms with Gasteiger partial charge in [0.1, 0.15) is 11.2 Å². The maximum absolute atomic E-state index is 13.6. The molecule has 1 fully saturated rings. The molecule has 1 aromatic heterocycles. The van der Waals surface area contributed by atoms with Crippen molar-refractivity contribution < 1.29 is 19.1 Å². The maximum Gasteiger partial charge on any atom is 0.358 e. The van der Waals surface area contributed by atoms with Crippen LogP contribution < -0.4 is 10.2 Å². The topological polar surface area (TPSA) is 93.5 Å². The molecule has 0 spiro atoms. The number of anilines is 1. The number of rotatable bonds is 4. The highest BCUT2D eigenvalue weighted by molar-refractivity contribution is 6.31. The number of nitrogens with zero attached hydrogens (tertiary/aromatic N) is 3. The fraction of sp³-hybridized carbons (Fsp3) is 0.455. The van der Waals surface area contributed by atoms with Crippen LogP contribution in [-0.4, -0.2) is 46.3 Å². The molecule has 8 nitrogen and oxygen atoms in total. The Kier molecular flexibility index (Phi) is 5.51. The van der Waals surface area contributed by atoms with E-state index < -0.39 is 17.4 Å². The van der Waals surface area contributed by atoms with Crippen molar-refractivity contribution in [3.05, 3.63) is 46.2 Å². The number of carbonyl (C=O) groups excluding carboxylic acids is 3. The third-order valence-electron chi connectivity index (χ3n) is 6.14. The van der Waals surface area contributed by atoms with Gasteiger partial charge in [-0.2, -0.15) is 5.10 Å². The summed E-state index contributed by atoms with van der Waals surface area (Å²) in [6.07, 6.45) is 3.99. The Bertz CT molecular complexity index is 1060. The average molecular weight is 445 g/mol. The lowest BCUT2D eigenvalue weighted by molar-refractivity contribution is -0.127. The summed E-state index contributed by atoms with van der Waals surface area (Å²) < 4.78 is 6.15. The lowest BCUT2D eigenvalue weighted by atomic mass is 9.93. The number of esters is 1. The molecule has 2 aromatic rings. The van der Waals surface area contributed by atoms with Crippen LogP contribution in [0.2, 0.25) is 5.02 Å². The van der Waals surface area contributed by atoms with Crippen LogP contribution in [-0.2, 0) is 16.1 Å². The number of hydrogen-bond acceptors (Lipinski definition) is 5. The van der Waals surface area contributed by atoms with Crippen molar-refractivity contribution in [2.24, 2.45) is 0 Å². The number of amides is 2. The molecule has 0 bridgehead atoms. The minimum Gasteiger partial charge on any atom is -0.464 e. The first-order chi connectivity index (χ1) is 14.7. The molecule has 0 radical (unpaired) electrons. The molecule has 31 heavy (non-hydrogen) atoms. The number of aryl methyl sites for hydroxylation is 1. The molecule has 1 aliphatic carbocycles. The van der Waals surface area contributed by atoms with E-state index in [0.29, 0.717) is 10.7 Å². The van der Waals surface area contributed by atoms with Crippen molar-refractivity contribution in [3.63, 3.8) is 0 Å². The van der Waals surface area contributed by atoms with Gasteiger partial charge in [-0.3, -0.25) is 19.2 Å². The predicted molar refractivity (Wildman–Crippen MR) is 115 cm³/mol. The Hall–Kier alpha value is -2.87. The molecule has 1 atom stereocenters. The number of benzene rings is 1. The van der Waals surface area contributed by atoms with E-state index in [1.807, 2.05) is 13.0 Å². The van der Waals surface area contributed by atoms with E-state index in [1.165, 1.54) is 22.8 Å². The summed E-state index contributed by atoms with van der Waals surface area (Å²) in [6.45, 7) is 3.67. The summed E-state index contributed by atoms with van der Waals surface area (Å²) in [5.41, 5.74) is 0.350. The van der Waals surface area contributed by atoms with Gasteiger partial charge in [0.25, 0.3) is 5.91 Å². The minimum atomic E-state index is -1.26. The molecule has 1 saturated carbocycles. The maximum atomic E-state index is 13.6. The fourth-order valence-corrected chi connectivity index (χ4v) is 4.50. The summed E-state index contributed by atoms with van der Waals surface area (Å²) in [4.78, 5) is 40.5. The van der Waals surface area contributed by atoms with Crippen LogP contribution in [0.3, 0.4) is 0 Å². The monoisotopic (exact) mass is 444 g/mol. The number of ether oxygens (including phenoxy) is 1. The first-order valence-corrected chi connectivity index (χ1v) is 10.7. The second-order valence-corrected chi connectivity index (χ2v) is 8.77. The van der Waals surface area contributed by atoms with Crippen LogP contribution in [0.5, 0.6) is 0 Å². The van der Waals surface area contributed by atoms with Gasteiger partial charge in [0.05, 0.1) is 13.7 Å². The average Bonchev–Trinajstić information content (AvgIpc) is 3.40. The normalized spacial score (nSPS) is 21.2. The lowest BCUT2D eigenvalue weighted by Gasteiger charge is -2.43. The standard InChI is InChI=1S/C22H25ClN4O4/c1-13-8-9-15(10-16(13)23)27-19(28)18-11-17(20(29)31-3)25-26(18)12-22(27,2)21(30)24-14-6-4-5-7-14/h8-11,14H,4-7,12H2,1-3H3,(H,24,30)/t22-/m0/s1. The zero-order valence-corrected chi connectivity index (χ0v) is 18.5. The molecular formula is C22H25ClN4O4. The van der Waals surface area contributed by atoms with Gasteiger partial charge in [-0.1, -0.05) is 30.5 Å². The zero-order chi connectivity index (χ0) is 22.3. The van der Waals surface area contributed by atoms with Gasteiger partial charge in [0.15, 0.2) is 5.69 Å². The second-order valence-electron chi connectivity index (χ2n) is 8.37. The highest BCUT2D eigenvalue weighted by atomic mass is 35.5. The van der Waals surface area contributed by atoms with Crippen LogP contribution in [0.1, 0.15) is 59.1 Å². The number of halogens is 1. The molecule has 2 aliphatic rings. The van der Waals surface area contributed by atoms with Gasteiger partial charge in [-0.25, -0.2) is 4.79 Å². The summed E-state index contributed by atoms with van der Waals surface area (Å²) in [7, 11) is 1.25. The molecular weight excluding hydrogens is 420 g/mol. The first-order valence-electron chi connectivity index (χ1n) is 10.3. The largest absolute Gasteiger partial charge is 0.464 e. The van der Waals surface area contributed by atoms with E-state index in [4.69, 9.17) is 16.3 Å². The predicted octanol–water partition coefficient (Wildman–Crippen LogP) is 3.11. The van der Waals surface area contributed by atoms with Crippen LogP contribution in [0.25, 0.3) is 0 Å².